The summed E-state index contributed by atoms with van der Waals surface area (Å²) in [7, 11) is 1.70. The van der Waals surface area contributed by atoms with Crippen molar-refractivity contribution in [2.75, 3.05) is 20.2 Å². The van der Waals surface area contributed by atoms with Gasteiger partial charge in [0.05, 0.1) is 7.11 Å². The molecule has 0 spiro atoms. The summed E-state index contributed by atoms with van der Waals surface area (Å²) < 4.78 is 5.42. The Kier molecular flexibility index (Phi) is 7.73. The highest BCUT2D eigenvalue weighted by Crippen LogP contribution is 2.26. The average molecular weight is 415 g/mol. The molecule has 2 aromatic carbocycles. The lowest BCUT2D eigenvalue weighted by molar-refractivity contribution is 0.170. The number of aromatic nitrogens is 1. The van der Waals surface area contributed by atoms with Crippen molar-refractivity contribution in [3.63, 3.8) is 0 Å². The summed E-state index contributed by atoms with van der Waals surface area (Å²) in [6.45, 7) is 3.27. The number of benzene rings is 2. The molecule has 31 heavy (non-hydrogen) atoms. The van der Waals surface area contributed by atoms with Crippen molar-refractivity contribution in [3.05, 3.63) is 95.2 Å². The van der Waals surface area contributed by atoms with Crippen molar-refractivity contribution in [2.24, 2.45) is 5.92 Å². The molecule has 3 nitrogen and oxygen atoms in total. The normalized spacial score (nSPS) is 15.1. The minimum atomic E-state index is 0.761. The zero-order chi connectivity index (χ0) is 21.3. The highest BCUT2D eigenvalue weighted by molar-refractivity contribution is 5.29. The van der Waals surface area contributed by atoms with Crippen LogP contribution in [0.2, 0.25) is 0 Å². The number of likely N-dealkylation sites (tertiary alicyclic amines) is 1. The molecule has 1 fully saturated rings. The summed E-state index contributed by atoms with van der Waals surface area (Å²) in [6, 6.07) is 24.0. The van der Waals surface area contributed by atoms with E-state index in [1.165, 1.54) is 55.5 Å². The van der Waals surface area contributed by atoms with Crippen LogP contribution in [0, 0.1) is 5.92 Å². The predicted octanol–water partition coefficient (Wildman–Crippen LogP) is 5.72. The molecule has 0 N–H and O–H groups in total. The number of ether oxygens (including phenoxy) is 1. The van der Waals surface area contributed by atoms with E-state index in [4.69, 9.17) is 4.74 Å². The van der Waals surface area contributed by atoms with Gasteiger partial charge in [-0.05, 0) is 80.3 Å². The largest absolute Gasteiger partial charge is 0.481 e. The van der Waals surface area contributed by atoms with Crippen molar-refractivity contribution in [1.82, 2.24) is 9.88 Å². The number of hydrogen-bond acceptors (Lipinski definition) is 3. The van der Waals surface area contributed by atoms with Gasteiger partial charge in [0.25, 0.3) is 0 Å². The number of pyridine rings is 1. The first kappa shape index (κ1) is 21.6. The molecular weight excluding hydrogens is 380 g/mol. The number of methoxy groups -OCH3 is 1. The molecule has 2 heterocycles. The molecule has 3 aromatic rings. The zero-order valence-electron chi connectivity index (χ0n) is 18.7. The van der Waals surface area contributed by atoms with E-state index in [0.29, 0.717) is 0 Å². The van der Waals surface area contributed by atoms with E-state index in [0.717, 1.165) is 31.2 Å². The minimum absolute atomic E-state index is 0.761. The summed E-state index contributed by atoms with van der Waals surface area (Å²) in [5.41, 5.74) is 5.68. The van der Waals surface area contributed by atoms with Crippen molar-refractivity contribution in [3.8, 4) is 5.88 Å². The van der Waals surface area contributed by atoms with Crippen molar-refractivity contribution in [2.45, 2.75) is 45.1 Å². The third-order valence-corrected chi connectivity index (χ3v) is 6.61. The third kappa shape index (κ3) is 6.18. The second-order valence-corrected chi connectivity index (χ2v) is 8.68. The SMILES string of the molecule is COc1ncccc1CN1CCC(CCc2ccccc2CCc2ccccc2)CC1. The van der Waals surface area contributed by atoms with E-state index in [-0.39, 0.29) is 0 Å². The highest BCUT2D eigenvalue weighted by Gasteiger charge is 2.20. The Morgan fingerprint density at radius 2 is 1.48 bits per heavy atom. The highest BCUT2D eigenvalue weighted by atomic mass is 16.5. The zero-order valence-corrected chi connectivity index (χ0v) is 18.7. The van der Waals surface area contributed by atoms with Gasteiger partial charge in [-0.25, -0.2) is 4.98 Å². The van der Waals surface area contributed by atoms with E-state index in [1.807, 2.05) is 6.07 Å². The van der Waals surface area contributed by atoms with Crippen LogP contribution in [0.3, 0.4) is 0 Å². The maximum absolute atomic E-state index is 5.42. The molecule has 0 unspecified atom stereocenters. The van der Waals surface area contributed by atoms with E-state index in [9.17, 15) is 0 Å². The lowest BCUT2D eigenvalue weighted by Gasteiger charge is -2.32. The first-order chi connectivity index (χ1) is 15.3. The Hall–Kier alpha value is -2.65. The molecule has 1 aliphatic rings. The number of piperidine rings is 1. The number of hydrogen-bond donors (Lipinski definition) is 0. The van der Waals surface area contributed by atoms with Crippen LogP contribution in [0.5, 0.6) is 5.88 Å². The van der Waals surface area contributed by atoms with E-state index < -0.39 is 0 Å². The summed E-state index contributed by atoms with van der Waals surface area (Å²) >= 11 is 0. The van der Waals surface area contributed by atoms with Gasteiger partial charge in [0, 0.05) is 18.3 Å². The molecule has 0 amide bonds. The van der Waals surface area contributed by atoms with Crippen LogP contribution in [0.4, 0.5) is 0 Å². The van der Waals surface area contributed by atoms with Gasteiger partial charge in [0.2, 0.25) is 5.88 Å². The maximum atomic E-state index is 5.42. The number of rotatable bonds is 9. The van der Waals surface area contributed by atoms with Crippen LogP contribution in [-0.2, 0) is 25.8 Å². The molecule has 3 heteroatoms. The van der Waals surface area contributed by atoms with Gasteiger partial charge in [-0.2, -0.15) is 0 Å². The summed E-state index contributed by atoms with van der Waals surface area (Å²) in [5, 5.41) is 0. The molecule has 1 aromatic heterocycles. The van der Waals surface area contributed by atoms with Crippen LogP contribution in [0.25, 0.3) is 0 Å². The minimum Gasteiger partial charge on any atom is -0.481 e. The van der Waals surface area contributed by atoms with Gasteiger partial charge in [-0.1, -0.05) is 60.7 Å². The molecule has 4 rings (SSSR count). The fraction of sp³-hybridized carbons (Fsp3) is 0.393. The van der Waals surface area contributed by atoms with Gasteiger partial charge in [0.15, 0.2) is 0 Å². The maximum Gasteiger partial charge on any atom is 0.217 e. The van der Waals surface area contributed by atoms with Gasteiger partial charge in [-0.3, -0.25) is 4.90 Å². The topological polar surface area (TPSA) is 25.4 Å². The molecule has 0 saturated carbocycles. The average Bonchev–Trinajstić information content (AvgIpc) is 2.84. The fourth-order valence-electron chi connectivity index (χ4n) is 4.73. The molecular formula is C28H34N2O. The number of aryl methyl sites for hydroxylation is 3. The van der Waals surface area contributed by atoms with Crippen LogP contribution in [-0.4, -0.2) is 30.1 Å². The standard InChI is InChI=1S/C28H34N2O/c1-31-28-27(12-7-19-29-28)22-30-20-17-24(18-21-30)14-16-26-11-6-5-10-25(26)15-13-23-8-3-2-4-9-23/h2-12,19,24H,13-18,20-22H2,1H3. The Morgan fingerprint density at radius 3 is 2.23 bits per heavy atom. The summed E-state index contributed by atoms with van der Waals surface area (Å²) in [5.74, 6) is 1.59. The van der Waals surface area contributed by atoms with Crippen molar-refractivity contribution < 1.29 is 4.74 Å². The Labute approximate surface area is 187 Å². The lowest BCUT2D eigenvalue weighted by Crippen LogP contribution is -2.33. The van der Waals surface area contributed by atoms with Gasteiger partial charge in [0.1, 0.15) is 0 Å². The fourth-order valence-corrected chi connectivity index (χ4v) is 4.73. The second-order valence-electron chi connectivity index (χ2n) is 8.68. The second kappa shape index (κ2) is 11.1. The van der Waals surface area contributed by atoms with Crippen LogP contribution in [0.1, 0.15) is 41.5 Å². The molecule has 1 saturated heterocycles. The molecule has 0 bridgehead atoms. The Bertz CT molecular complexity index is 933. The summed E-state index contributed by atoms with van der Waals surface area (Å²) in [4.78, 5) is 6.88. The molecule has 1 aliphatic heterocycles. The first-order valence-corrected chi connectivity index (χ1v) is 11.6. The Balaban J connectivity index is 1.25. The van der Waals surface area contributed by atoms with E-state index >= 15 is 0 Å². The Morgan fingerprint density at radius 1 is 0.806 bits per heavy atom. The van der Waals surface area contributed by atoms with E-state index in [2.05, 4.69) is 70.5 Å². The van der Waals surface area contributed by atoms with Crippen LogP contribution in [0.15, 0.2) is 72.9 Å². The first-order valence-electron chi connectivity index (χ1n) is 11.6. The van der Waals surface area contributed by atoms with Crippen LogP contribution >= 0.6 is 0 Å². The molecule has 162 valence electrons. The van der Waals surface area contributed by atoms with Crippen molar-refractivity contribution in [1.29, 1.82) is 0 Å². The van der Waals surface area contributed by atoms with Crippen molar-refractivity contribution >= 4 is 0 Å². The van der Waals surface area contributed by atoms with E-state index in [1.54, 1.807) is 18.9 Å². The molecule has 0 atom stereocenters. The number of nitrogens with zero attached hydrogens (tertiary/aromatic N) is 2. The smallest absolute Gasteiger partial charge is 0.217 e. The third-order valence-electron chi connectivity index (χ3n) is 6.61. The molecule has 0 aliphatic carbocycles. The van der Waals surface area contributed by atoms with Gasteiger partial charge < -0.3 is 4.74 Å². The predicted molar refractivity (Wildman–Crippen MR) is 127 cm³/mol. The quantitative estimate of drug-likeness (QED) is 0.448. The molecule has 0 radical (unpaired) electrons. The van der Waals surface area contributed by atoms with Gasteiger partial charge in [-0.15, -0.1) is 0 Å². The lowest BCUT2D eigenvalue weighted by atomic mass is 9.88. The monoisotopic (exact) mass is 414 g/mol. The summed E-state index contributed by atoms with van der Waals surface area (Å²) in [6.07, 6.45) is 9.12. The van der Waals surface area contributed by atoms with Gasteiger partial charge >= 0.3 is 0 Å². The van der Waals surface area contributed by atoms with Crippen LogP contribution < -0.4 is 4.74 Å².